The van der Waals surface area contributed by atoms with Crippen LogP contribution in [-0.2, 0) is 14.8 Å². The molecule has 1 saturated heterocycles. The number of thiophene rings is 2. The third-order valence-electron chi connectivity index (χ3n) is 3.83. The maximum atomic E-state index is 12.7. The minimum atomic E-state index is -3.55. The molecule has 2 aromatic rings. The summed E-state index contributed by atoms with van der Waals surface area (Å²) in [6, 6.07) is 4.82. The molecule has 0 spiro atoms. The van der Waals surface area contributed by atoms with Crippen molar-refractivity contribution in [3.05, 3.63) is 39.4 Å². The highest BCUT2D eigenvalue weighted by Crippen LogP contribution is 2.31. The predicted octanol–water partition coefficient (Wildman–Crippen LogP) is 2.27. The van der Waals surface area contributed by atoms with Crippen molar-refractivity contribution in [2.75, 3.05) is 13.1 Å². The molecular weight excluding hydrogens is 366 g/mol. The van der Waals surface area contributed by atoms with Gasteiger partial charge in [-0.25, -0.2) is 8.42 Å². The second-order valence-electron chi connectivity index (χ2n) is 5.49. The first-order valence-corrected chi connectivity index (χ1v) is 10.7. The molecule has 0 aliphatic carbocycles. The maximum Gasteiger partial charge on any atom is 0.252 e. The van der Waals surface area contributed by atoms with Crippen molar-refractivity contribution in [2.45, 2.75) is 23.5 Å². The van der Waals surface area contributed by atoms with E-state index in [0.717, 1.165) is 36.2 Å². The van der Waals surface area contributed by atoms with Gasteiger partial charge in [-0.2, -0.15) is 15.6 Å². The lowest BCUT2D eigenvalue weighted by Crippen LogP contribution is -2.35. The Morgan fingerprint density at radius 1 is 1.17 bits per heavy atom. The highest BCUT2D eigenvalue weighted by Gasteiger charge is 2.27. The summed E-state index contributed by atoms with van der Waals surface area (Å²) in [5, 5.41) is 15.1. The molecule has 3 heterocycles. The van der Waals surface area contributed by atoms with Crippen LogP contribution in [0.1, 0.15) is 29.7 Å². The lowest BCUT2D eigenvalue weighted by Gasteiger charge is -2.25. The normalized spacial score (nSPS) is 17.1. The van der Waals surface area contributed by atoms with Crippen LogP contribution in [0.3, 0.4) is 0 Å². The highest BCUT2D eigenvalue weighted by molar-refractivity contribution is 7.91. The van der Waals surface area contributed by atoms with Gasteiger partial charge in [-0.1, -0.05) is 6.42 Å². The molecule has 0 bridgehead atoms. The number of carboxylic acid groups (broad SMARTS) is 1. The fourth-order valence-electron chi connectivity index (χ4n) is 2.59. The zero-order valence-electron chi connectivity index (χ0n) is 12.8. The van der Waals surface area contributed by atoms with Crippen molar-refractivity contribution in [1.82, 2.24) is 4.31 Å². The Bertz CT molecular complexity index is 844. The summed E-state index contributed by atoms with van der Waals surface area (Å²) in [4.78, 5) is 11.8. The highest BCUT2D eigenvalue weighted by atomic mass is 32.2. The lowest BCUT2D eigenvalue weighted by molar-refractivity contribution is -0.295. The molecule has 0 atom stereocenters. The Labute approximate surface area is 148 Å². The van der Waals surface area contributed by atoms with E-state index < -0.39 is 16.0 Å². The fourth-order valence-corrected chi connectivity index (χ4v) is 6.19. The van der Waals surface area contributed by atoms with Crippen molar-refractivity contribution in [3.8, 4) is 0 Å². The second kappa shape index (κ2) is 7.18. The van der Waals surface area contributed by atoms with E-state index in [1.807, 2.05) is 10.8 Å². The first-order valence-electron chi connectivity index (χ1n) is 7.54. The Balaban J connectivity index is 1.92. The Morgan fingerprint density at radius 3 is 2.54 bits per heavy atom. The van der Waals surface area contributed by atoms with Gasteiger partial charge in [0, 0.05) is 23.5 Å². The molecule has 24 heavy (non-hydrogen) atoms. The van der Waals surface area contributed by atoms with Crippen LogP contribution in [0.4, 0.5) is 0 Å². The summed E-state index contributed by atoms with van der Waals surface area (Å²) in [5.74, 6) is -1.31. The molecule has 1 aliphatic rings. The van der Waals surface area contributed by atoms with Crippen LogP contribution < -0.4 is 5.11 Å². The summed E-state index contributed by atoms with van der Waals surface area (Å²) in [6.07, 6.45) is 4.27. The molecule has 2 aromatic heterocycles. The van der Waals surface area contributed by atoms with Crippen molar-refractivity contribution < 1.29 is 18.3 Å². The van der Waals surface area contributed by atoms with E-state index in [4.69, 9.17) is 0 Å². The number of carbonyl (C=O) groups excluding carboxylic acids is 1. The van der Waals surface area contributed by atoms with Crippen molar-refractivity contribution in [1.29, 1.82) is 0 Å². The van der Waals surface area contributed by atoms with Crippen LogP contribution in [0.2, 0.25) is 0 Å². The minimum Gasteiger partial charge on any atom is -0.545 e. The van der Waals surface area contributed by atoms with Gasteiger partial charge < -0.3 is 9.90 Å². The Morgan fingerprint density at radius 2 is 1.92 bits per heavy atom. The summed E-state index contributed by atoms with van der Waals surface area (Å²) in [7, 11) is -3.55. The zero-order valence-corrected chi connectivity index (χ0v) is 15.3. The van der Waals surface area contributed by atoms with E-state index in [0.29, 0.717) is 18.0 Å². The monoisotopic (exact) mass is 382 g/mol. The van der Waals surface area contributed by atoms with E-state index in [-0.39, 0.29) is 9.78 Å². The first-order chi connectivity index (χ1) is 11.5. The van der Waals surface area contributed by atoms with E-state index in [1.54, 1.807) is 6.07 Å². The molecule has 0 radical (unpaired) electrons. The molecule has 0 N–H and O–H groups in total. The zero-order chi connectivity index (χ0) is 17.2. The molecule has 3 rings (SSSR count). The molecule has 1 fully saturated rings. The topological polar surface area (TPSA) is 77.5 Å². The van der Waals surface area contributed by atoms with Gasteiger partial charge in [0.15, 0.2) is 0 Å². The number of piperidine rings is 1. The number of sulfonamides is 1. The smallest absolute Gasteiger partial charge is 0.252 e. The predicted molar refractivity (Wildman–Crippen MR) is 94.1 cm³/mol. The molecule has 0 amide bonds. The van der Waals surface area contributed by atoms with Gasteiger partial charge in [0.25, 0.3) is 10.0 Å². The molecule has 0 saturated carbocycles. The Kier molecular flexibility index (Phi) is 5.19. The lowest BCUT2D eigenvalue weighted by atomic mass is 10.1. The minimum absolute atomic E-state index is 0.00139. The van der Waals surface area contributed by atoms with Gasteiger partial charge in [-0.05, 0) is 53.4 Å². The van der Waals surface area contributed by atoms with Crippen LogP contribution in [0.15, 0.2) is 33.2 Å². The second-order valence-corrected chi connectivity index (χ2v) is 9.51. The molecule has 0 aromatic carbocycles. The molecule has 0 unspecified atom stereocenters. The fraction of sp³-hybridized carbons (Fsp3) is 0.312. The third-order valence-corrected chi connectivity index (χ3v) is 8.02. The van der Waals surface area contributed by atoms with E-state index in [1.165, 1.54) is 33.9 Å². The molecule has 128 valence electrons. The summed E-state index contributed by atoms with van der Waals surface area (Å²) >= 11 is 2.44. The summed E-state index contributed by atoms with van der Waals surface area (Å²) < 4.78 is 27.0. The summed E-state index contributed by atoms with van der Waals surface area (Å²) in [6.45, 7) is 1.04. The number of hydrogen-bond donors (Lipinski definition) is 0. The quantitative estimate of drug-likeness (QED) is 0.743. The van der Waals surface area contributed by atoms with Gasteiger partial charge in [0.1, 0.15) is 4.21 Å². The molecular formula is C16H16NO4S3-. The van der Waals surface area contributed by atoms with Crippen LogP contribution in [0, 0.1) is 0 Å². The number of rotatable bonds is 5. The van der Waals surface area contributed by atoms with E-state index >= 15 is 0 Å². The van der Waals surface area contributed by atoms with Crippen LogP contribution in [0.5, 0.6) is 0 Å². The van der Waals surface area contributed by atoms with Crippen LogP contribution >= 0.6 is 22.7 Å². The van der Waals surface area contributed by atoms with Gasteiger partial charge in [0.05, 0.1) is 5.97 Å². The van der Waals surface area contributed by atoms with Gasteiger partial charge in [-0.3, -0.25) is 0 Å². The van der Waals surface area contributed by atoms with Gasteiger partial charge in [-0.15, -0.1) is 11.3 Å². The number of nitrogens with zero attached hydrogens (tertiary/aromatic N) is 1. The first kappa shape index (κ1) is 17.3. The van der Waals surface area contributed by atoms with Crippen molar-refractivity contribution in [2.24, 2.45) is 0 Å². The average molecular weight is 383 g/mol. The maximum absolute atomic E-state index is 12.7. The Hall–Kier alpha value is -1.48. The van der Waals surface area contributed by atoms with E-state index in [9.17, 15) is 18.3 Å². The number of carbonyl (C=O) groups is 1. The molecule has 1 aliphatic heterocycles. The molecule has 5 nitrogen and oxygen atoms in total. The van der Waals surface area contributed by atoms with Crippen LogP contribution in [0.25, 0.3) is 11.6 Å². The number of aliphatic carboxylic acids is 1. The standard InChI is InChI=1S/C16H17NO4S3/c18-16(19)13(10-12-6-9-22-11-12)14-4-5-15(23-14)24(20,21)17-7-2-1-3-8-17/h4-6,9-11H,1-3,7-8H2,(H,18,19)/p-1/b13-10-. The molecule has 8 heteroatoms. The SMILES string of the molecule is O=C([O-])/C(=C\c1ccsc1)c1ccc(S(=O)(=O)N2CCCCC2)s1. The van der Waals surface area contributed by atoms with Crippen molar-refractivity contribution >= 4 is 50.3 Å². The number of carboxylic acids is 1. The number of hydrogen-bond acceptors (Lipinski definition) is 6. The summed E-state index contributed by atoms with van der Waals surface area (Å²) in [5.41, 5.74) is 0.756. The van der Waals surface area contributed by atoms with Gasteiger partial charge in [0.2, 0.25) is 0 Å². The largest absolute Gasteiger partial charge is 0.545 e. The van der Waals surface area contributed by atoms with E-state index in [2.05, 4.69) is 0 Å². The average Bonchev–Trinajstić information content (AvgIpc) is 3.25. The van der Waals surface area contributed by atoms with Crippen molar-refractivity contribution in [3.63, 3.8) is 0 Å². The van der Waals surface area contributed by atoms with Crippen LogP contribution in [-0.4, -0.2) is 31.8 Å². The van der Waals surface area contributed by atoms with Gasteiger partial charge >= 0.3 is 0 Å². The third kappa shape index (κ3) is 3.61.